The average molecular weight is 456 g/mol. The van der Waals surface area contributed by atoms with Gasteiger partial charge >= 0.3 is 23.9 Å². The number of ether oxygens (including phenoxy) is 2. The topological polar surface area (TPSA) is 86.7 Å². The van der Waals surface area contributed by atoms with Crippen LogP contribution in [-0.2, 0) is 9.47 Å². The fourth-order valence-electron chi connectivity index (χ4n) is 4.51. The Balaban J connectivity index is 1.76. The second kappa shape index (κ2) is 5.87. The summed E-state index contributed by atoms with van der Waals surface area (Å²) in [5.74, 6) is -2.61. The fraction of sp³-hybridized carbons (Fsp3) is 0. The third-order valence-corrected chi connectivity index (χ3v) is 8.10. The lowest BCUT2D eigenvalue weighted by atomic mass is 9.97. The summed E-state index contributed by atoms with van der Waals surface area (Å²) in [5.41, 5.74) is 1.45. The molecule has 0 radical (unpaired) electrons. The van der Waals surface area contributed by atoms with Gasteiger partial charge in [0.2, 0.25) is 0 Å². The summed E-state index contributed by atoms with van der Waals surface area (Å²) >= 11 is 2.94. The molecular weight excluding hydrogens is 448 g/mol. The highest BCUT2D eigenvalue weighted by Crippen LogP contribution is 2.43. The summed E-state index contributed by atoms with van der Waals surface area (Å²) < 4.78 is 13.3. The van der Waals surface area contributed by atoms with Crippen molar-refractivity contribution in [1.82, 2.24) is 0 Å². The zero-order valence-corrected chi connectivity index (χ0v) is 17.5. The third kappa shape index (κ3) is 2.12. The molecule has 32 heavy (non-hydrogen) atoms. The Morgan fingerprint density at radius 3 is 0.969 bits per heavy atom. The molecule has 6 nitrogen and oxygen atoms in total. The molecule has 0 saturated heterocycles. The first-order chi connectivity index (χ1) is 15.5. The van der Waals surface area contributed by atoms with E-state index in [4.69, 9.17) is 9.47 Å². The summed E-state index contributed by atoms with van der Waals surface area (Å²) in [5, 5.41) is 2.81. The van der Waals surface area contributed by atoms with Gasteiger partial charge in [0, 0.05) is 40.3 Å². The van der Waals surface area contributed by atoms with Crippen LogP contribution in [-0.4, -0.2) is 23.9 Å². The van der Waals surface area contributed by atoms with Gasteiger partial charge in [0.25, 0.3) is 0 Å². The monoisotopic (exact) mass is 456 g/mol. The number of hydrogen-bond acceptors (Lipinski definition) is 8. The molecule has 7 rings (SSSR count). The molecule has 0 bridgehead atoms. The highest BCUT2D eigenvalue weighted by atomic mass is 32.1. The standard InChI is InChI=1S/C24H8O6S2/c25-21-9-1-5-13-19-14(6-2-10(17(9)19)22(26)29-21)32-16-8-4-12-18-11(23(27)30-24(12)28)3-7-15(31-13)20(16)18/h1-8H. The largest absolute Gasteiger partial charge is 0.386 e. The van der Waals surface area contributed by atoms with Gasteiger partial charge in [-0.15, -0.1) is 22.7 Å². The van der Waals surface area contributed by atoms with E-state index in [0.717, 1.165) is 29.6 Å². The van der Waals surface area contributed by atoms with Gasteiger partial charge in [-0.1, -0.05) is 0 Å². The normalized spacial score (nSPS) is 15.0. The summed E-state index contributed by atoms with van der Waals surface area (Å²) in [6, 6.07) is 14.1. The zero-order chi connectivity index (χ0) is 21.7. The minimum absolute atomic E-state index is 0.362. The lowest BCUT2D eigenvalue weighted by molar-refractivity contribution is 0.0373. The first-order valence-corrected chi connectivity index (χ1v) is 11.2. The Kier molecular flexibility index (Phi) is 3.26. The number of carbonyl (C=O) groups excluding carboxylic acids is 4. The van der Waals surface area contributed by atoms with E-state index >= 15 is 0 Å². The molecule has 0 saturated carbocycles. The predicted molar refractivity (Wildman–Crippen MR) is 121 cm³/mol. The maximum atomic E-state index is 12.4. The molecule has 0 N–H and O–H groups in total. The van der Waals surface area contributed by atoms with Gasteiger partial charge in [0.1, 0.15) is 0 Å². The van der Waals surface area contributed by atoms with E-state index in [1.165, 1.54) is 22.7 Å². The van der Waals surface area contributed by atoms with Crippen LogP contribution in [0.5, 0.6) is 0 Å². The third-order valence-electron chi connectivity index (χ3n) is 5.86. The van der Waals surface area contributed by atoms with Gasteiger partial charge in [-0.3, -0.25) is 0 Å². The van der Waals surface area contributed by atoms with Crippen LogP contribution in [0.15, 0.2) is 48.5 Å². The smallest absolute Gasteiger partial charge is 0.346 e. The molecule has 0 spiro atoms. The molecule has 1 aromatic heterocycles. The SMILES string of the molecule is O=C1OC(=O)c2ccc3sc4ccc5c6c(ccc(sc7ccc1c2c73)c46)C(=O)OC5=O. The molecule has 8 heteroatoms. The van der Waals surface area contributed by atoms with Crippen molar-refractivity contribution >= 4 is 86.9 Å². The Morgan fingerprint density at radius 1 is 0.406 bits per heavy atom. The first kappa shape index (κ1) is 17.8. The van der Waals surface area contributed by atoms with E-state index in [-0.39, 0.29) is 0 Å². The van der Waals surface area contributed by atoms with Crippen molar-refractivity contribution in [2.75, 3.05) is 0 Å². The average Bonchev–Trinajstić information content (AvgIpc) is 2.76. The fourth-order valence-corrected chi connectivity index (χ4v) is 6.92. The van der Waals surface area contributed by atoms with Crippen LogP contribution in [0.1, 0.15) is 41.4 Å². The summed E-state index contributed by atoms with van der Waals surface area (Å²) in [6.07, 6.45) is 0. The van der Waals surface area contributed by atoms with Crippen molar-refractivity contribution in [1.29, 1.82) is 0 Å². The van der Waals surface area contributed by atoms with Crippen molar-refractivity contribution in [3.05, 3.63) is 70.8 Å². The van der Waals surface area contributed by atoms with Crippen molar-refractivity contribution in [2.24, 2.45) is 0 Å². The van der Waals surface area contributed by atoms with E-state index in [0.29, 0.717) is 33.0 Å². The van der Waals surface area contributed by atoms with Gasteiger partial charge in [-0.25, -0.2) is 19.2 Å². The Labute approximate surface area is 186 Å². The molecule has 4 aromatic carbocycles. The number of benzene rings is 4. The molecule has 0 aliphatic carbocycles. The van der Waals surface area contributed by atoms with Gasteiger partial charge in [0.05, 0.1) is 22.3 Å². The maximum absolute atomic E-state index is 12.4. The maximum Gasteiger partial charge on any atom is 0.346 e. The molecule has 152 valence electrons. The van der Waals surface area contributed by atoms with E-state index in [1.54, 1.807) is 24.3 Å². The van der Waals surface area contributed by atoms with Crippen LogP contribution >= 0.6 is 22.7 Å². The number of cyclic esters (lactones) is 4. The number of carbonyl (C=O) groups is 4. The molecule has 0 unspecified atom stereocenters. The molecule has 0 amide bonds. The van der Waals surface area contributed by atoms with E-state index in [2.05, 4.69) is 0 Å². The summed E-state index contributed by atoms with van der Waals surface area (Å²) in [4.78, 5) is 49.4. The molecule has 2 aliphatic heterocycles. The summed E-state index contributed by atoms with van der Waals surface area (Å²) in [6.45, 7) is 0. The van der Waals surface area contributed by atoms with Crippen molar-refractivity contribution in [2.45, 2.75) is 0 Å². The first-order valence-electron chi connectivity index (χ1n) is 9.59. The van der Waals surface area contributed by atoms with Crippen LogP contribution in [0.2, 0.25) is 0 Å². The molecule has 2 aliphatic rings. The molecular formula is C24H8O6S2. The van der Waals surface area contributed by atoms with Gasteiger partial charge in [-0.2, -0.15) is 0 Å². The second-order valence-corrected chi connectivity index (χ2v) is 9.67. The van der Waals surface area contributed by atoms with Crippen molar-refractivity contribution < 1.29 is 28.7 Å². The van der Waals surface area contributed by atoms with Gasteiger partial charge in [0.15, 0.2) is 0 Å². The van der Waals surface area contributed by atoms with Gasteiger partial charge < -0.3 is 9.47 Å². The molecule has 3 heterocycles. The highest BCUT2D eigenvalue weighted by Gasteiger charge is 2.30. The number of esters is 4. The second-order valence-electron chi connectivity index (χ2n) is 7.50. The molecule has 0 atom stereocenters. The molecule has 5 aromatic rings. The number of hydrogen-bond donors (Lipinski definition) is 0. The van der Waals surface area contributed by atoms with Gasteiger partial charge in [-0.05, 0) is 48.5 Å². The Morgan fingerprint density at radius 2 is 0.688 bits per heavy atom. The van der Waals surface area contributed by atoms with Crippen LogP contribution in [0.3, 0.4) is 0 Å². The minimum Gasteiger partial charge on any atom is -0.386 e. The predicted octanol–water partition coefficient (Wildman–Crippen LogP) is 5.61. The van der Waals surface area contributed by atoms with Crippen molar-refractivity contribution in [3.8, 4) is 0 Å². The Hall–Kier alpha value is -3.88. The van der Waals surface area contributed by atoms with E-state index in [1.807, 2.05) is 24.3 Å². The molecule has 0 fully saturated rings. The quantitative estimate of drug-likeness (QED) is 0.223. The minimum atomic E-state index is -0.654. The highest BCUT2D eigenvalue weighted by molar-refractivity contribution is 7.29. The van der Waals surface area contributed by atoms with Crippen LogP contribution in [0.25, 0.3) is 40.3 Å². The zero-order valence-electron chi connectivity index (χ0n) is 15.9. The van der Waals surface area contributed by atoms with Crippen LogP contribution in [0.4, 0.5) is 0 Å². The van der Waals surface area contributed by atoms with E-state index < -0.39 is 23.9 Å². The van der Waals surface area contributed by atoms with Crippen LogP contribution in [0, 0.1) is 0 Å². The Bertz CT molecular complexity index is 1550. The van der Waals surface area contributed by atoms with Crippen LogP contribution < -0.4 is 0 Å². The number of rotatable bonds is 0. The summed E-state index contributed by atoms with van der Waals surface area (Å²) in [7, 11) is 0. The van der Waals surface area contributed by atoms with E-state index in [9.17, 15) is 19.2 Å². The lowest BCUT2D eigenvalue weighted by Gasteiger charge is -2.18. The lowest BCUT2D eigenvalue weighted by Crippen LogP contribution is -2.19. The van der Waals surface area contributed by atoms with Crippen molar-refractivity contribution in [3.63, 3.8) is 0 Å².